The lowest BCUT2D eigenvalue weighted by molar-refractivity contribution is 0.106. The molecule has 0 N–H and O–H groups in total. The maximum absolute atomic E-state index is 6.07. The van der Waals surface area contributed by atoms with Gasteiger partial charge in [0.25, 0.3) is 0 Å². The second kappa shape index (κ2) is 13.4. The molecule has 3 aliphatic rings. The Morgan fingerprint density at radius 2 is 0.918 bits per heavy atom. The van der Waals surface area contributed by atoms with Gasteiger partial charge < -0.3 is 18.9 Å². The summed E-state index contributed by atoms with van der Waals surface area (Å²) >= 11 is 3.91. The van der Waals surface area contributed by atoms with Gasteiger partial charge in [0.2, 0.25) is 0 Å². The number of fused-ring (bicyclic) bond motifs is 5. The van der Waals surface area contributed by atoms with Crippen LogP contribution in [0.1, 0.15) is 22.3 Å². The van der Waals surface area contributed by atoms with Gasteiger partial charge in [0.1, 0.15) is 24.7 Å². The van der Waals surface area contributed by atoms with Crippen molar-refractivity contribution in [2.75, 3.05) is 51.1 Å². The van der Waals surface area contributed by atoms with E-state index < -0.39 is 5.41 Å². The molecule has 0 spiro atoms. The molecule has 6 heteroatoms. The van der Waals surface area contributed by atoms with Crippen LogP contribution < -0.4 is 9.47 Å². The molecule has 1 aliphatic carbocycles. The Morgan fingerprint density at radius 1 is 0.490 bits per heavy atom. The first-order valence-corrected chi connectivity index (χ1v) is 19.3. The van der Waals surface area contributed by atoms with Crippen LogP contribution in [0.3, 0.4) is 0 Å². The third-order valence-corrected chi connectivity index (χ3v) is 11.7. The first kappa shape index (κ1) is 31.1. The van der Waals surface area contributed by atoms with Gasteiger partial charge in [0.05, 0.1) is 31.8 Å². The Morgan fingerprint density at radius 3 is 1.39 bits per heavy atom. The molecule has 2 atom stereocenters. The Kier molecular flexibility index (Phi) is 8.50. The monoisotopic (exact) mass is 682 g/mol. The molecule has 0 saturated carbocycles. The lowest BCUT2D eigenvalue weighted by Crippen LogP contribution is -2.28. The van der Waals surface area contributed by atoms with Crippen molar-refractivity contribution in [3.8, 4) is 22.6 Å². The quantitative estimate of drug-likeness (QED) is 0.0841. The van der Waals surface area contributed by atoms with Crippen LogP contribution in [0, 0.1) is 0 Å². The van der Waals surface area contributed by atoms with Crippen LogP contribution in [0.25, 0.3) is 32.7 Å². The van der Waals surface area contributed by atoms with Crippen molar-refractivity contribution in [3.63, 3.8) is 0 Å². The summed E-state index contributed by atoms with van der Waals surface area (Å²) in [5.74, 6) is 4.19. The van der Waals surface area contributed by atoms with E-state index in [0.717, 1.165) is 35.5 Å². The van der Waals surface area contributed by atoms with Crippen molar-refractivity contribution in [1.29, 1.82) is 0 Å². The highest BCUT2D eigenvalue weighted by molar-refractivity contribution is 8.07. The third kappa shape index (κ3) is 6.21. The molecule has 0 amide bonds. The fraction of sp³-hybridized carbons (Fsp3) is 0.256. The Hall–Kier alpha value is -3.94. The minimum atomic E-state index is -0.478. The number of benzene rings is 6. The maximum Gasteiger partial charge on any atom is 0.120 e. The van der Waals surface area contributed by atoms with Gasteiger partial charge in [-0.1, -0.05) is 84.9 Å². The average Bonchev–Trinajstić information content (AvgIpc) is 4.10. The zero-order valence-electron chi connectivity index (χ0n) is 27.3. The minimum absolute atomic E-state index is 0.478. The van der Waals surface area contributed by atoms with Crippen molar-refractivity contribution >= 4 is 45.1 Å². The van der Waals surface area contributed by atoms with Crippen LogP contribution in [-0.4, -0.2) is 61.6 Å². The maximum atomic E-state index is 6.07. The molecule has 2 fully saturated rings. The number of rotatable bonds is 14. The van der Waals surface area contributed by atoms with E-state index in [4.69, 9.17) is 18.9 Å². The lowest BCUT2D eigenvalue weighted by atomic mass is 9.67. The van der Waals surface area contributed by atoms with Crippen LogP contribution in [0.4, 0.5) is 0 Å². The van der Waals surface area contributed by atoms with Crippen LogP contribution in [0.5, 0.6) is 11.5 Å². The zero-order valence-corrected chi connectivity index (χ0v) is 28.9. The molecule has 2 heterocycles. The van der Waals surface area contributed by atoms with E-state index in [1.54, 1.807) is 0 Å². The molecule has 6 aromatic carbocycles. The Labute approximate surface area is 296 Å². The topological polar surface area (TPSA) is 36.9 Å². The summed E-state index contributed by atoms with van der Waals surface area (Å²) in [4.78, 5) is 0. The molecule has 49 heavy (non-hydrogen) atoms. The molecular formula is C43H38O4S2. The zero-order chi connectivity index (χ0) is 32.6. The molecule has 0 bridgehead atoms. The highest BCUT2D eigenvalue weighted by Gasteiger charge is 2.46. The Balaban J connectivity index is 1.06. The van der Waals surface area contributed by atoms with E-state index in [2.05, 4.69) is 121 Å². The van der Waals surface area contributed by atoms with Gasteiger partial charge in [0.15, 0.2) is 0 Å². The van der Waals surface area contributed by atoms with Crippen LogP contribution >= 0.6 is 23.5 Å². The summed E-state index contributed by atoms with van der Waals surface area (Å²) in [6.45, 7) is 3.99. The van der Waals surface area contributed by atoms with E-state index in [1.165, 1.54) is 55.7 Å². The highest BCUT2D eigenvalue weighted by Crippen LogP contribution is 2.56. The fourth-order valence-electron chi connectivity index (χ4n) is 7.31. The predicted molar refractivity (Wildman–Crippen MR) is 204 cm³/mol. The average molecular weight is 683 g/mol. The molecular weight excluding hydrogens is 645 g/mol. The first-order valence-electron chi connectivity index (χ1n) is 17.2. The second-order valence-corrected chi connectivity index (χ2v) is 15.7. The van der Waals surface area contributed by atoms with Gasteiger partial charge in [-0.2, -0.15) is 23.5 Å². The highest BCUT2D eigenvalue weighted by atomic mass is 32.2. The summed E-state index contributed by atoms with van der Waals surface area (Å²) < 4.78 is 23.7. The smallest absolute Gasteiger partial charge is 0.120 e. The molecule has 6 aromatic rings. The molecule has 2 aliphatic heterocycles. The van der Waals surface area contributed by atoms with Gasteiger partial charge in [-0.15, -0.1) is 0 Å². The SMILES string of the molecule is c1ccc2c(c1)-c1ccccc1C2(c1ccc2cc(OCCOCC3CS3)ccc2c1)c1ccc2cc(OCCOCC3CS3)ccc2c1. The third-order valence-electron chi connectivity index (χ3n) is 9.85. The normalized spacial score (nSPS) is 18.3. The molecule has 4 nitrogen and oxygen atoms in total. The summed E-state index contributed by atoms with van der Waals surface area (Å²) in [5, 5.41) is 6.07. The van der Waals surface area contributed by atoms with E-state index in [1.807, 2.05) is 23.5 Å². The van der Waals surface area contributed by atoms with E-state index in [0.29, 0.717) is 36.9 Å². The van der Waals surface area contributed by atoms with Crippen molar-refractivity contribution in [1.82, 2.24) is 0 Å². The number of hydrogen-bond donors (Lipinski definition) is 0. The van der Waals surface area contributed by atoms with Crippen molar-refractivity contribution in [2.45, 2.75) is 15.9 Å². The summed E-state index contributed by atoms with van der Waals surface area (Å²) in [6, 6.07) is 44.5. The number of hydrogen-bond acceptors (Lipinski definition) is 6. The van der Waals surface area contributed by atoms with Gasteiger partial charge in [0, 0.05) is 22.0 Å². The van der Waals surface area contributed by atoms with Crippen LogP contribution in [-0.2, 0) is 14.9 Å². The van der Waals surface area contributed by atoms with E-state index >= 15 is 0 Å². The number of thioether (sulfide) groups is 2. The molecule has 0 radical (unpaired) electrons. The largest absolute Gasteiger partial charge is 0.491 e. The minimum Gasteiger partial charge on any atom is -0.491 e. The second-order valence-electron chi connectivity index (χ2n) is 13.0. The molecule has 2 unspecified atom stereocenters. The van der Waals surface area contributed by atoms with Gasteiger partial charge in [-0.05, 0) is 91.3 Å². The van der Waals surface area contributed by atoms with Gasteiger partial charge >= 0.3 is 0 Å². The Bertz CT molecular complexity index is 1980. The van der Waals surface area contributed by atoms with Crippen LogP contribution in [0.2, 0.25) is 0 Å². The van der Waals surface area contributed by atoms with Gasteiger partial charge in [-0.3, -0.25) is 0 Å². The molecule has 2 saturated heterocycles. The van der Waals surface area contributed by atoms with Crippen LogP contribution in [0.15, 0.2) is 121 Å². The summed E-state index contributed by atoms with van der Waals surface area (Å²) in [7, 11) is 0. The predicted octanol–water partition coefficient (Wildman–Crippen LogP) is 9.38. The first-order chi connectivity index (χ1) is 24.3. The van der Waals surface area contributed by atoms with Gasteiger partial charge in [-0.25, -0.2) is 0 Å². The standard InChI is InChI=1S/C43H38O4S2/c1-3-7-41-39(5-1)40-6-2-4-8-42(40)43(41,33-13-9-31-23-35(15-11-29(31)21-33)46-19-17-44-25-37-27-48-37)34-14-10-32-24-36(16-12-30(32)22-34)47-20-18-45-26-38-28-49-38/h1-16,21-24,37-38H,17-20,25-28H2. The fourth-order valence-corrected chi connectivity index (χ4v) is 8.16. The summed E-state index contributed by atoms with van der Waals surface area (Å²) in [5.41, 5.74) is 7.22. The molecule has 246 valence electrons. The van der Waals surface area contributed by atoms with Crippen molar-refractivity contribution < 1.29 is 18.9 Å². The summed E-state index contributed by atoms with van der Waals surface area (Å²) in [6.07, 6.45) is 0. The molecule has 9 rings (SSSR count). The lowest BCUT2D eigenvalue weighted by Gasteiger charge is -2.34. The molecule has 0 aromatic heterocycles. The number of ether oxygens (including phenoxy) is 4. The van der Waals surface area contributed by atoms with Crippen molar-refractivity contribution in [2.24, 2.45) is 0 Å². The van der Waals surface area contributed by atoms with Crippen molar-refractivity contribution in [3.05, 3.63) is 144 Å². The van der Waals surface area contributed by atoms with E-state index in [-0.39, 0.29) is 0 Å². The van der Waals surface area contributed by atoms with E-state index in [9.17, 15) is 0 Å².